The molecule has 1 saturated heterocycles. The van der Waals surface area contributed by atoms with Crippen molar-refractivity contribution in [3.63, 3.8) is 0 Å². The highest BCUT2D eigenvalue weighted by Crippen LogP contribution is 2.19. The Kier molecular flexibility index (Phi) is 3.05. The molecule has 2 N–H and O–H groups in total. The molecule has 0 saturated carbocycles. The van der Waals surface area contributed by atoms with Crippen molar-refractivity contribution in [1.29, 1.82) is 0 Å². The average Bonchev–Trinajstić information content (AvgIpc) is 2.06. The summed E-state index contributed by atoms with van der Waals surface area (Å²) in [4.78, 5) is 10.9. The molecule has 1 rings (SSSR count). The van der Waals surface area contributed by atoms with Crippen LogP contribution in [0.3, 0.4) is 0 Å². The molecule has 1 aliphatic rings. The van der Waals surface area contributed by atoms with E-state index in [0.717, 1.165) is 19.4 Å². The van der Waals surface area contributed by atoms with Gasteiger partial charge in [0.15, 0.2) is 0 Å². The number of hydrogen-bond acceptors (Lipinski definition) is 3. The van der Waals surface area contributed by atoms with Crippen molar-refractivity contribution < 1.29 is 14.6 Å². The van der Waals surface area contributed by atoms with Gasteiger partial charge in [-0.15, -0.1) is 0 Å². The fourth-order valence-corrected chi connectivity index (χ4v) is 1.58. The van der Waals surface area contributed by atoms with Crippen LogP contribution in [0.5, 0.6) is 0 Å². The summed E-state index contributed by atoms with van der Waals surface area (Å²) in [5.74, 6) is -0.802. The van der Waals surface area contributed by atoms with Crippen LogP contribution < -0.4 is 5.32 Å². The van der Waals surface area contributed by atoms with E-state index in [9.17, 15) is 4.79 Å². The van der Waals surface area contributed by atoms with Gasteiger partial charge >= 0.3 is 5.97 Å². The van der Waals surface area contributed by atoms with Crippen LogP contribution in [0.1, 0.15) is 19.3 Å². The number of methoxy groups -OCH3 is 1. The van der Waals surface area contributed by atoms with Crippen LogP contribution in [0.25, 0.3) is 0 Å². The average molecular weight is 173 g/mol. The molecule has 1 fully saturated rings. The predicted octanol–water partition coefficient (Wildman–Crippen LogP) is 0.230. The van der Waals surface area contributed by atoms with E-state index in [1.54, 1.807) is 0 Å². The van der Waals surface area contributed by atoms with Crippen LogP contribution in [-0.2, 0) is 9.53 Å². The molecule has 12 heavy (non-hydrogen) atoms. The Balaban J connectivity index is 2.63. The molecule has 4 heteroatoms. The molecule has 4 nitrogen and oxygen atoms in total. The summed E-state index contributed by atoms with van der Waals surface area (Å²) in [5, 5.41) is 12.0. The summed E-state index contributed by atoms with van der Waals surface area (Å²) in [6, 6.07) is 0. The number of carbonyl (C=O) groups is 1. The number of rotatable bonds is 3. The summed E-state index contributed by atoms with van der Waals surface area (Å²) >= 11 is 0. The highest BCUT2D eigenvalue weighted by Gasteiger charge is 2.39. The lowest BCUT2D eigenvalue weighted by Crippen LogP contribution is -2.57. The van der Waals surface area contributed by atoms with E-state index in [1.807, 2.05) is 0 Å². The third-order valence-corrected chi connectivity index (χ3v) is 2.29. The van der Waals surface area contributed by atoms with Crippen molar-refractivity contribution in [3.8, 4) is 0 Å². The molecule has 70 valence electrons. The first-order valence-corrected chi connectivity index (χ1v) is 4.19. The van der Waals surface area contributed by atoms with Crippen LogP contribution in [0.2, 0.25) is 0 Å². The van der Waals surface area contributed by atoms with Crippen LogP contribution in [0, 0.1) is 0 Å². The maximum Gasteiger partial charge on any atom is 0.326 e. The van der Waals surface area contributed by atoms with Crippen molar-refractivity contribution in [2.45, 2.75) is 24.8 Å². The molecule has 0 aromatic carbocycles. The van der Waals surface area contributed by atoms with Crippen molar-refractivity contribution in [2.75, 3.05) is 20.3 Å². The van der Waals surface area contributed by atoms with Gasteiger partial charge in [-0.05, 0) is 25.8 Å². The molecule has 1 heterocycles. The van der Waals surface area contributed by atoms with Gasteiger partial charge in [-0.25, -0.2) is 0 Å². The van der Waals surface area contributed by atoms with Gasteiger partial charge in [0.2, 0.25) is 0 Å². The van der Waals surface area contributed by atoms with E-state index in [-0.39, 0.29) is 6.61 Å². The summed E-state index contributed by atoms with van der Waals surface area (Å²) in [6.45, 7) is 1.03. The Labute approximate surface area is 71.9 Å². The zero-order chi connectivity index (χ0) is 9.03. The Bertz CT molecular complexity index is 158. The summed E-state index contributed by atoms with van der Waals surface area (Å²) in [5.41, 5.74) is -0.826. The molecule has 1 aliphatic heterocycles. The normalized spacial score (nSPS) is 30.1. The number of nitrogens with one attached hydrogen (secondary N) is 1. The van der Waals surface area contributed by atoms with Gasteiger partial charge in [0, 0.05) is 7.11 Å². The zero-order valence-corrected chi connectivity index (χ0v) is 7.30. The van der Waals surface area contributed by atoms with E-state index < -0.39 is 11.5 Å². The van der Waals surface area contributed by atoms with Crippen molar-refractivity contribution in [2.24, 2.45) is 0 Å². The Morgan fingerprint density at radius 1 is 1.67 bits per heavy atom. The lowest BCUT2D eigenvalue weighted by atomic mass is 9.90. The summed E-state index contributed by atoms with van der Waals surface area (Å²) in [7, 11) is 1.53. The Morgan fingerprint density at radius 3 is 2.83 bits per heavy atom. The highest BCUT2D eigenvalue weighted by molar-refractivity contribution is 5.79. The molecule has 0 radical (unpaired) electrons. The second-order valence-corrected chi connectivity index (χ2v) is 3.20. The largest absolute Gasteiger partial charge is 0.480 e. The third kappa shape index (κ3) is 1.76. The number of carboxylic acid groups (broad SMARTS) is 1. The van der Waals surface area contributed by atoms with Gasteiger partial charge in [-0.2, -0.15) is 0 Å². The monoisotopic (exact) mass is 173 g/mol. The van der Waals surface area contributed by atoms with E-state index in [4.69, 9.17) is 9.84 Å². The second kappa shape index (κ2) is 3.87. The van der Waals surface area contributed by atoms with E-state index in [0.29, 0.717) is 6.42 Å². The number of aliphatic carboxylic acids is 1. The first-order chi connectivity index (χ1) is 5.71. The predicted molar refractivity (Wildman–Crippen MR) is 44.1 cm³/mol. The third-order valence-electron chi connectivity index (χ3n) is 2.29. The van der Waals surface area contributed by atoms with E-state index in [1.165, 1.54) is 7.11 Å². The molecule has 1 unspecified atom stereocenters. The van der Waals surface area contributed by atoms with E-state index >= 15 is 0 Å². The summed E-state index contributed by atoms with van der Waals surface area (Å²) in [6.07, 6.45) is 2.68. The Morgan fingerprint density at radius 2 is 2.42 bits per heavy atom. The van der Waals surface area contributed by atoms with Gasteiger partial charge < -0.3 is 9.84 Å². The van der Waals surface area contributed by atoms with Crippen molar-refractivity contribution in [3.05, 3.63) is 0 Å². The van der Waals surface area contributed by atoms with Crippen molar-refractivity contribution in [1.82, 2.24) is 5.32 Å². The molecule has 0 aliphatic carbocycles. The van der Waals surface area contributed by atoms with Gasteiger partial charge in [-0.1, -0.05) is 0 Å². The first kappa shape index (κ1) is 9.48. The standard InChI is InChI=1S/C8H15NO3/c1-12-6-8(7(10)11)4-2-3-5-9-8/h9H,2-6H2,1H3,(H,10,11). The molecule has 0 spiro atoms. The van der Waals surface area contributed by atoms with Gasteiger partial charge in [0.1, 0.15) is 5.54 Å². The number of carboxylic acids is 1. The SMILES string of the molecule is COCC1(C(=O)O)CCCCN1. The zero-order valence-electron chi connectivity index (χ0n) is 7.30. The fraction of sp³-hybridized carbons (Fsp3) is 0.875. The Hall–Kier alpha value is -0.610. The maximum atomic E-state index is 10.9. The topological polar surface area (TPSA) is 58.6 Å². The quantitative estimate of drug-likeness (QED) is 0.641. The van der Waals surface area contributed by atoms with Crippen LogP contribution in [0.4, 0.5) is 0 Å². The van der Waals surface area contributed by atoms with Gasteiger partial charge in [0.05, 0.1) is 6.61 Å². The first-order valence-electron chi connectivity index (χ1n) is 4.19. The summed E-state index contributed by atoms with van der Waals surface area (Å²) < 4.78 is 4.90. The van der Waals surface area contributed by atoms with Gasteiger partial charge in [0.25, 0.3) is 0 Å². The van der Waals surface area contributed by atoms with Gasteiger partial charge in [-0.3, -0.25) is 10.1 Å². The van der Waals surface area contributed by atoms with Crippen LogP contribution >= 0.6 is 0 Å². The minimum absolute atomic E-state index is 0.252. The molecule has 0 aromatic heterocycles. The molecule has 0 aromatic rings. The van der Waals surface area contributed by atoms with Crippen molar-refractivity contribution >= 4 is 5.97 Å². The lowest BCUT2D eigenvalue weighted by Gasteiger charge is -2.33. The molecular weight excluding hydrogens is 158 g/mol. The number of piperidine rings is 1. The minimum atomic E-state index is -0.826. The molecule has 1 atom stereocenters. The van der Waals surface area contributed by atoms with Crippen LogP contribution in [-0.4, -0.2) is 36.9 Å². The smallest absolute Gasteiger partial charge is 0.326 e. The maximum absolute atomic E-state index is 10.9. The minimum Gasteiger partial charge on any atom is -0.480 e. The lowest BCUT2D eigenvalue weighted by molar-refractivity contribution is -0.148. The molecular formula is C8H15NO3. The van der Waals surface area contributed by atoms with Crippen LogP contribution in [0.15, 0.2) is 0 Å². The number of ether oxygens (including phenoxy) is 1. The number of hydrogen-bond donors (Lipinski definition) is 2. The highest BCUT2D eigenvalue weighted by atomic mass is 16.5. The van der Waals surface area contributed by atoms with E-state index in [2.05, 4.69) is 5.32 Å². The molecule has 0 bridgehead atoms. The second-order valence-electron chi connectivity index (χ2n) is 3.20. The molecule has 0 amide bonds. The fourth-order valence-electron chi connectivity index (χ4n) is 1.58.